The second-order valence-electron chi connectivity index (χ2n) is 13.2. The van der Waals surface area contributed by atoms with Gasteiger partial charge in [0.05, 0.1) is 5.60 Å². The van der Waals surface area contributed by atoms with Gasteiger partial charge >= 0.3 is 0 Å². The number of benzene rings is 1. The van der Waals surface area contributed by atoms with Gasteiger partial charge in [0, 0.05) is 52.8 Å². The van der Waals surface area contributed by atoms with Crippen LogP contribution in [-0.4, -0.2) is 58.0 Å². The largest absolute Gasteiger partial charge is 0.504 e. The average Bonchev–Trinajstić information content (AvgIpc) is 3.50. The van der Waals surface area contributed by atoms with Gasteiger partial charge in [0.2, 0.25) is 5.91 Å². The zero-order valence-corrected chi connectivity index (χ0v) is 23.1. The highest BCUT2D eigenvalue weighted by Gasteiger charge is 2.82. The molecule has 4 saturated carbocycles. The molecule has 1 aromatic carbocycles. The number of aromatic hydroxyl groups is 1. The van der Waals surface area contributed by atoms with Crippen LogP contribution in [0.15, 0.2) is 29.6 Å². The Morgan fingerprint density at radius 3 is 2.84 bits per heavy atom. The van der Waals surface area contributed by atoms with Crippen molar-refractivity contribution in [2.24, 2.45) is 17.3 Å². The number of fused-ring (bicyclic) bond motifs is 2. The van der Waals surface area contributed by atoms with E-state index < -0.39 is 11.2 Å². The number of piperidine rings is 1. The van der Waals surface area contributed by atoms with Crippen LogP contribution in [0, 0.1) is 17.3 Å². The normalized spacial score (nSPS) is 39.4. The van der Waals surface area contributed by atoms with Crippen LogP contribution in [0.3, 0.4) is 0 Å². The third kappa shape index (κ3) is 2.69. The lowest BCUT2D eigenvalue weighted by atomic mass is 9.33. The van der Waals surface area contributed by atoms with Crippen LogP contribution in [-0.2, 0) is 27.8 Å². The number of phenolic OH excluding ortho intramolecular Hbond substituents is 1. The standard InChI is InChI=1S/C31H37NO5S/c1-28(35,10-9-20-4-3-15-38-20)22-17-29-11-12-31(22,36-2)27-30(29)13-14-32(26(34)18-5-6-18)23(29)16-19-7-8-21(33)25(37-27)24(19)30/h3-4,7-8,15,18,22-23,27,33,35H,5-6,9-14,16-17H2,1-2H3/t22-,23-,27-,28+,29-,30+,31-/m1/s1. The predicted octanol–water partition coefficient (Wildman–Crippen LogP) is 4.59. The first-order chi connectivity index (χ1) is 18.3. The number of carbonyl (C=O) groups excluding carboxylic acids is 1. The monoisotopic (exact) mass is 535 g/mol. The van der Waals surface area contributed by atoms with Gasteiger partial charge in [-0.3, -0.25) is 4.79 Å². The van der Waals surface area contributed by atoms with Gasteiger partial charge in [-0.15, -0.1) is 11.3 Å². The lowest BCUT2D eigenvalue weighted by molar-refractivity contribution is -0.301. The number of likely N-dealkylation sites (tertiary alicyclic amines) is 1. The van der Waals surface area contributed by atoms with E-state index in [9.17, 15) is 15.0 Å². The minimum absolute atomic E-state index is 0.0872. The molecule has 0 radical (unpaired) electrons. The first-order valence-corrected chi connectivity index (χ1v) is 15.3. The first kappa shape index (κ1) is 23.8. The number of aryl methyl sites for hydroxylation is 1. The van der Waals surface area contributed by atoms with E-state index in [-0.39, 0.29) is 40.6 Å². The smallest absolute Gasteiger partial charge is 0.225 e. The summed E-state index contributed by atoms with van der Waals surface area (Å²) in [5, 5.41) is 25.4. The summed E-state index contributed by atoms with van der Waals surface area (Å²) in [4.78, 5) is 17.2. The maximum Gasteiger partial charge on any atom is 0.225 e. The molecule has 7 aliphatic rings. The SMILES string of the molecule is CO[C@]12CC[C@@]3(C[C@@H]1[C@@](C)(O)CCc1cccs1)[C@H]1Cc4ccc(O)c5c4[C@@]3(CCN1C(=O)C1CC1)[C@H]2O5. The summed E-state index contributed by atoms with van der Waals surface area (Å²) < 4.78 is 13.4. The fourth-order valence-corrected chi connectivity index (χ4v) is 10.7. The van der Waals surface area contributed by atoms with E-state index in [2.05, 4.69) is 28.5 Å². The second kappa shape index (κ2) is 7.55. The number of aliphatic hydroxyl groups is 1. The Morgan fingerprint density at radius 1 is 1.26 bits per heavy atom. The maximum atomic E-state index is 13.7. The number of rotatable bonds is 6. The van der Waals surface area contributed by atoms with Gasteiger partial charge in [-0.1, -0.05) is 12.1 Å². The van der Waals surface area contributed by atoms with Crippen LogP contribution in [0.4, 0.5) is 0 Å². The first-order valence-electron chi connectivity index (χ1n) is 14.4. The highest BCUT2D eigenvalue weighted by Crippen LogP contribution is 2.77. The number of ether oxygens (including phenoxy) is 2. The molecule has 2 N–H and O–H groups in total. The maximum absolute atomic E-state index is 13.7. The number of amides is 1. The van der Waals surface area contributed by atoms with Crippen molar-refractivity contribution < 1.29 is 24.5 Å². The summed E-state index contributed by atoms with van der Waals surface area (Å²) in [6.07, 6.45) is 7.38. The third-order valence-corrected chi connectivity index (χ3v) is 12.7. The Bertz CT molecular complexity index is 1320. The van der Waals surface area contributed by atoms with Crippen LogP contribution in [0.2, 0.25) is 0 Å². The van der Waals surface area contributed by atoms with E-state index in [1.807, 2.05) is 6.92 Å². The molecular weight excluding hydrogens is 498 g/mol. The second-order valence-corrected chi connectivity index (χ2v) is 14.2. The molecule has 2 aliphatic heterocycles. The molecule has 2 aromatic rings. The summed E-state index contributed by atoms with van der Waals surface area (Å²) in [7, 11) is 1.79. The number of carbonyl (C=O) groups is 1. The number of nitrogens with zero attached hydrogens (tertiary/aromatic N) is 1. The predicted molar refractivity (Wildman–Crippen MR) is 144 cm³/mol. The summed E-state index contributed by atoms with van der Waals surface area (Å²) >= 11 is 1.74. The van der Waals surface area contributed by atoms with E-state index in [1.54, 1.807) is 24.5 Å². The Morgan fingerprint density at radius 2 is 2.11 bits per heavy atom. The van der Waals surface area contributed by atoms with Crippen molar-refractivity contribution in [3.63, 3.8) is 0 Å². The Balaban J connectivity index is 1.29. The van der Waals surface area contributed by atoms with Crippen LogP contribution < -0.4 is 4.74 Å². The zero-order valence-electron chi connectivity index (χ0n) is 22.2. The van der Waals surface area contributed by atoms with Crippen molar-refractivity contribution in [2.45, 2.75) is 93.5 Å². The molecule has 5 fully saturated rings. The molecule has 4 bridgehead atoms. The number of phenols is 1. The average molecular weight is 536 g/mol. The molecule has 7 atom stereocenters. The molecule has 202 valence electrons. The van der Waals surface area contributed by atoms with Gasteiger partial charge in [0.1, 0.15) is 11.7 Å². The van der Waals surface area contributed by atoms with Gasteiger partial charge < -0.3 is 24.6 Å². The highest BCUT2D eigenvalue weighted by atomic mass is 32.1. The number of methoxy groups -OCH3 is 1. The van der Waals surface area contributed by atoms with Crippen molar-refractivity contribution in [1.29, 1.82) is 0 Å². The molecule has 38 heavy (non-hydrogen) atoms. The summed E-state index contributed by atoms with van der Waals surface area (Å²) in [5.74, 6) is 1.20. The minimum atomic E-state index is -0.963. The Hall–Kier alpha value is -2.09. The lowest BCUT2D eigenvalue weighted by Gasteiger charge is -2.74. The Labute approximate surface area is 227 Å². The topological polar surface area (TPSA) is 79.2 Å². The molecule has 3 heterocycles. The number of thiophene rings is 1. The van der Waals surface area contributed by atoms with Crippen LogP contribution in [0.5, 0.6) is 11.5 Å². The molecule has 5 aliphatic carbocycles. The van der Waals surface area contributed by atoms with Gasteiger partial charge in [-0.05, 0) is 87.8 Å². The van der Waals surface area contributed by atoms with E-state index in [0.29, 0.717) is 18.1 Å². The summed E-state index contributed by atoms with van der Waals surface area (Å²) in [6.45, 7) is 2.72. The molecular formula is C31H37NO5S. The van der Waals surface area contributed by atoms with Gasteiger partial charge in [0.25, 0.3) is 0 Å². The van der Waals surface area contributed by atoms with Crippen molar-refractivity contribution in [1.82, 2.24) is 4.90 Å². The molecule has 0 unspecified atom stereocenters. The molecule has 6 nitrogen and oxygen atoms in total. The van der Waals surface area contributed by atoms with Crippen LogP contribution >= 0.6 is 11.3 Å². The number of hydrogen-bond acceptors (Lipinski definition) is 6. The fourth-order valence-electron chi connectivity index (χ4n) is 10.0. The van der Waals surface area contributed by atoms with Crippen LogP contribution in [0.25, 0.3) is 0 Å². The van der Waals surface area contributed by atoms with E-state index >= 15 is 0 Å². The summed E-state index contributed by atoms with van der Waals surface area (Å²) in [5.41, 5.74) is 0.251. The highest BCUT2D eigenvalue weighted by molar-refractivity contribution is 7.09. The molecule has 1 amide bonds. The molecule has 2 spiro atoms. The fraction of sp³-hybridized carbons (Fsp3) is 0.645. The summed E-state index contributed by atoms with van der Waals surface area (Å²) in [6, 6.07) is 8.12. The van der Waals surface area contributed by atoms with Crippen LogP contribution in [0.1, 0.15) is 67.9 Å². The van der Waals surface area contributed by atoms with E-state index in [1.165, 1.54) is 16.0 Å². The molecule has 7 heteroatoms. The molecule has 1 saturated heterocycles. The van der Waals surface area contributed by atoms with E-state index in [4.69, 9.17) is 9.47 Å². The third-order valence-electron chi connectivity index (χ3n) is 11.8. The van der Waals surface area contributed by atoms with Crippen molar-refractivity contribution >= 4 is 17.2 Å². The number of hydrogen-bond donors (Lipinski definition) is 2. The van der Waals surface area contributed by atoms with Crippen molar-refractivity contribution in [2.75, 3.05) is 13.7 Å². The minimum Gasteiger partial charge on any atom is -0.504 e. The van der Waals surface area contributed by atoms with Crippen molar-refractivity contribution in [3.05, 3.63) is 45.6 Å². The van der Waals surface area contributed by atoms with E-state index in [0.717, 1.165) is 57.9 Å². The Kier molecular flexibility index (Phi) is 4.72. The van der Waals surface area contributed by atoms with Gasteiger partial charge in [-0.25, -0.2) is 0 Å². The lowest BCUT2D eigenvalue weighted by Crippen LogP contribution is -2.83. The molecule has 9 rings (SSSR count). The molecule has 1 aromatic heterocycles. The van der Waals surface area contributed by atoms with Gasteiger partial charge in [0.15, 0.2) is 11.5 Å². The van der Waals surface area contributed by atoms with Gasteiger partial charge in [-0.2, -0.15) is 0 Å². The quantitative estimate of drug-likeness (QED) is 0.566. The zero-order chi connectivity index (χ0) is 26.1. The van der Waals surface area contributed by atoms with Crippen molar-refractivity contribution in [3.8, 4) is 11.5 Å².